The Morgan fingerprint density at radius 3 is 2.56 bits per heavy atom. The molecule has 9 nitrogen and oxygen atoms in total. The zero-order valence-corrected chi connectivity index (χ0v) is 20.0. The molecular weight excluding hydrogens is 490 g/mol. The summed E-state index contributed by atoms with van der Waals surface area (Å²) in [5, 5.41) is 37.1. The molecule has 5 rings (SSSR count). The standard InChI is InChI=1S/C24H24F2N6O3S/c1-11-19(23-31-17-9-27-6-5-18(17)36-23)22(30-16-7-12(10-33)20(34)21(16)35)32-24(29-11)28-8-13-14(25)3-2-4-15(13)26/h2-6,9,12,16,20-21,33-35H,7-8,10H2,1H3,(H2,28,29,30,32)/t12-,16-,20-,21+/m1/s1. The van der Waals surface area contributed by atoms with Crippen molar-refractivity contribution in [3.63, 3.8) is 0 Å². The third-order valence-corrected chi connectivity index (χ3v) is 7.39. The van der Waals surface area contributed by atoms with E-state index in [2.05, 4.69) is 30.6 Å². The third-order valence-electron chi connectivity index (χ3n) is 6.34. The van der Waals surface area contributed by atoms with Crippen molar-refractivity contribution in [3.05, 3.63) is 59.6 Å². The summed E-state index contributed by atoms with van der Waals surface area (Å²) in [4.78, 5) is 17.8. The van der Waals surface area contributed by atoms with Crippen LogP contribution in [0.4, 0.5) is 20.5 Å². The highest BCUT2D eigenvalue weighted by atomic mass is 32.1. The molecular formula is C24H24F2N6O3S. The van der Waals surface area contributed by atoms with Crippen LogP contribution in [0, 0.1) is 24.5 Å². The normalized spacial score (nSPS) is 21.7. The number of thiazole rings is 1. The summed E-state index contributed by atoms with van der Waals surface area (Å²) in [6.45, 7) is 1.32. The Hall–Kier alpha value is -3.32. The number of nitrogens with one attached hydrogen (secondary N) is 2. The number of aromatic nitrogens is 4. The lowest BCUT2D eigenvalue weighted by Gasteiger charge is -2.21. The maximum absolute atomic E-state index is 14.1. The van der Waals surface area contributed by atoms with Crippen LogP contribution in [0.15, 0.2) is 36.7 Å². The van der Waals surface area contributed by atoms with Crippen molar-refractivity contribution in [1.29, 1.82) is 0 Å². The van der Waals surface area contributed by atoms with Gasteiger partial charge in [0.1, 0.15) is 34.1 Å². The van der Waals surface area contributed by atoms with Crippen LogP contribution in [0.3, 0.4) is 0 Å². The molecule has 0 radical (unpaired) electrons. The van der Waals surface area contributed by atoms with Gasteiger partial charge in [0, 0.05) is 30.8 Å². The Bertz CT molecular complexity index is 1350. The monoisotopic (exact) mass is 514 g/mol. The molecule has 3 aromatic heterocycles. The van der Waals surface area contributed by atoms with E-state index in [4.69, 9.17) is 0 Å². The second kappa shape index (κ2) is 9.97. The number of fused-ring (bicyclic) bond motifs is 1. The molecule has 0 spiro atoms. The van der Waals surface area contributed by atoms with Gasteiger partial charge in [-0.05, 0) is 31.5 Å². The van der Waals surface area contributed by atoms with E-state index < -0.39 is 35.8 Å². The first-order valence-electron chi connectivity index (χ1n) is 11.4. The topological polar surface area (TPSA) is 136 Å². The van der Waals surface area contributed by atoms with E-state index in [1.54, 1.807) is 19.3 Å². The molecule has 1 aliphatic rings. The molecule has 5 N–H and O–H groups in total. The summed E-state index contributed by atoms with van der Waals surface area (Å²) < 4.78 is 29.1. The van der Waals surface area contributed by atoms with E-state index in [9.17, 15) is 24.1 Å². The number of benzene rings is 1. The van der Waals surface area contributed by atoms with Crippen LogP contribution in [0.2, 0.25) is 0 Å². The lowest BCUT2D eigenvalue weighted by Crippen LogP contribution is -2.35. The maximum Gasteiger partial charge on any atom is 0.225 e. The number of hydrogen-bond donors (Lipinski definition) is 5. The fraction of sp³-hybridized carbons (Fsp3) is 0.333. The first-order chi connectivity index (χ1) is 17.4. The van der Waals surface area contributed by atoms with Gasteiger partial charge in [0.15, 0.2) is 0 Å². The van der Waals surface area contributed by atoms with Crippen LogP contribution in [-0.4, -0.2) is 60.1 Å². The van der Waals surface area contributed by atoms with Gasteiger partial charge in [-0.2, -0.15) is 4.98 Å². The van der Waals surface area contributed by atoms with Crippen LogP contribution in [0.5, 0.6) is 0 Å². The first-order valence-corrected chi connectivity index (χ1v) is 12.2. The molecule has 0 bridgehead atoms. The van der Waals surface area contributed by atoms with Gasteiger partial charge in [0.2, 0.25) is 5.95 Å². The van der Waals surface area contributed by atoms with Crippen LogP contribution < -0.4 is 10.6 Å². The van der Waals surface area contributed by atoms with Crippen molar-refractivity contribution in [2.45, 2.75) is 38.1 Å². The molecule has 0 amide bonds. The van der Waals surface area contributed by atoms with Gasteiger partial charge in [-0.3, -0.25) is 4.98 Å². The minimum absolute atomic E-state index is 0.121. The minimum Gasteiger partial charge on any atom is -0.396 e. The third kappa shape index (κ3) is 4.60. The van der Waals surface area contributed by atoms with Crippen molar-refractivity contribution < 1.29 is 24.1 Å². The molecule has 4 aromatic rings. The molecule has 188 valence electrons. The average molecular weight is 515 g/mol. The van der Waals surface area contributed by atoms with Gasteiger partial charge < -0.3 is 26.0 Å². The summed E-state index contributed by atoms with van der Waals surface area (Å²) in [5.41, 5.74) is 1.70. The second-order valence-electron chi connectivity index (χ2n) is 8.68. The average Bonchev–Trinajstić information content (AvgIpc) is 3.39. The lowest BCUT2D eigenvalue weighted by atomic mass is 10.1. The predicted octanol–water partition coefficient (Wildman–Crippen LogP) is 2.86. The highest BCUT2D eigenvalue weighted by molar-refractivity contribution is 7.21. The first kappa shape index (κ1) is 24.4. The molecule has 0 unspecified atom stereocenters. The van der Waals surface area contributed by atoms with E-state index in [0.717, 1.165) is 4.70 Å². The molecule has 1 aliphatic carbocycles. The summed E-state index contributed by atoms with van der Waals surface area (Å²) in [5.74, 6) is -1.40. The van der Waals surface area contributed by atoms with Crippen molar-refractivity contribution in [1.82, 2.24) is 19.9 Å². The van der Waals surface area contributed by atoms with Gasteiger partial charge in [0.05, 0.1) is 34.3 Å². The van der Waals surface area contributed by atoms with E-state index in [1.165, 1.54) is 29.5 Å². The SMILES string of the molecule is Cc1nc(NCc2c(F)cccc2F)nc(N[C@@H]2C[C@H](CO)[C@@H](O)[C@H]2O)c1-c1nc2cnccc2s1. The van der Waals surface area contributed by atoms with Crippen LogP contribution in [0.1, 0.15) is 17.7 Å². The largest absolute Gasteiger partial charge is 0.396 e. The van der Waals surface area contributed by atoms with Crippen LogP contribution in [-0.2, 0) is 6.54 Å². The van der Waals surface area contributed by atoms with Gasteiger partial charge in [0.25, 0.3) is 0 Å². The number of aliphatic hydroxyl groups excluding tert-OH is 3. The Morgan fingerprint density at radius 2 is 1.86 bits per heavy atom. The summed E-state index contributed by atoms with van der Waals surface area (Å²) >= 11 is 1.42. The molecule has 4 atom stereocenters. The Balaban J connectivity index is 1.52. The van der Waals surface area contributed by atoms with E-state index in [-0.39, 0.29) is 24.7 Å². The number of hydrogen-bond acceptors (Lipinski definition) is 10. The quantitative estimate of drug-likeness (QED) is 0.252. The number of halogens is 2. The lowest BCUT2D eigenvalue weighted by molar-refractivity contribution is 0.00446. The highest BCUT2D eigenvalue weighted by Crippen LogP contribution is 2.38. The number of pyridine rings is 1. The zero-order valence-electron chi connectivity index (χ0n) is 19.2. The smallest absolute Gasteiger partial charge is 0.225 e. The molecule has 1 aromatic carbocycles. The number of aliphatic hydroxyl groups is 3. The fourth-order valence-corrected chi connectivity index (χ4v) is 5.42. The summed E-state index contributed by atoms with van der Waals surface area (Å²) in [6.07, 6.45) is 1.42. The molecule has 0 saturated heterocycles. The van der Waals surface area contributed by atoms with Crippen molar-refractivity contribution in [2.75, 3.05) is 17.2 Å². The van der Waals surface area contributed by atoms with Crippen molar-refractivity contribution in [3.8, 4) is 10.6 Å². The molecule has 1 fully saturated rings. The zero-order chi connectivity index (χ0) is 25.4. The Morgan fingerprint density at radius 1 is 1.08 bits per heavy atom. The van der Waals surface area contributed by atoms with E-state index in [0.29, 0.717) is 34.0 Å². The van der Waals surface area contributed by atoms with Crippen LogP contribution in [0.25, 0.3) is 20.8 Å². The van der Waals surface area contributed by atoms with Crippen molar-refractivity contribution in [2.24, 2.45) is 5.92 Å². The number of aryl methyl sites for hydroxylation is 1. The maximum atomic E-state index is 14.1. The van der Waals surface area contributed by atoms with Gasteiger partial charge >= 0.3 is 0 Å². The predicted molar refractivity (Wildman–Crippen MR) is 131 cm³/mol. The molecule has 12 heteroatoms. The Labute approximate surface area is 208 Å². The molecule has 1 saturated carbocycles. The van der Waals surface area contributed by atoms with E-state index in [1.807, 2.05) is 6.07 Å². The Kier molecular flexibility index (Phi) is 6.75. The van der Waals surface area contributed by atoms with Gasteiger partial charge in [-0.15, -0.1) is 11.3 Å². The van der Waals surface area contributed by atoms with Gasteiger partial charge in [-0.1, -0.05) is 6.07 Å². The number of nitrogens with zero attached hydrogens (tertiary/aromatic N) is 4. The van der Waals surface area contributed by atoms with Crippen LogP contribution >= 0.6 is 11.3 Å². The minimum atomic E-state index is -1.13. The van der Waals surface area contributed by atoms with Gasteiger partial charge in [-0.25, -0.2) is 18.7 Å². The molecule has 36 heavy (non-hydrogen) atoms. The second-order valence-corrected chi connectivity index (χ2v) is 9.71. The summed E-state index contributed by atoms with van der Waals surface area (Å²) in [6, 6.07) is 4.89. The fourth-order valence-electron chi connectivity index (χ4n) is 4.39. The molecule has 0 aliphatic heterocycles. The highest BCUT2D eigenvalue weighted by Gasteiger charge is 2.41. The number of rotatable bonds is 7. The molecule has 3 heterocycles. The van der Waals surface area contributed by atoms with Crippen molar-refractivity contribution >= 4 is 33.3 Å². The summed E-state index contributed by atoms with van der Waals surface area (Å²) in [7, 11) is 0. The van der Waals surface area contributed by atoms with E-state index >= 15 is 0 Å². The number of anilines is 2.